The van der Waals surface area contributed by atoms with Crippen molar-refractivity contribution in [2.45, 2.75) is 38.1 Å². The maximum Gasteiger partial charge on any atom is 0.124 e. The Bertz CT molecular complexity index is 765. The van der Waals surface area contributed by atoms with Crippen LogP contribution in [0.25, 0.3) is 0 Å². The Morgan fingerprint density at radius 2 is 2.03 bits per heavy atom. The molecule has 0 spiro atoms. The molecule has 1 aromatic heterocycles. The number of aliphatic hydroxyl groups excluding tert-OH is 2. The number of nitrogens with one attached hydrogen (secondary N) is 1. The third-order valence-electron chi connectivity index (χ3n) is 4.97. The highest BCUT2D eigenvalue weighted by molar-refractivity contribution is 7.16. The van der Waals surface area contributed by atoms with Crippen LogP contribution in [0.3, 0.4) is 0 Å². The summed E-state index contributed by atoms with van der Waals surface area (Å²) in [6.45, 7) is 3.72. The van der Waals surface area contributed by atoms with E-state index in [-0.39, 0.29) is 12.7 Å². The molecular weight excluding hydrogens is 412 g/mol. The first-order chi connectivity index (χ1) is 14.0. The summed E-state index contributed by atoms with van der Waals surface area (Å²) in [5, 5.41) is 23.4. The maximum atomic E-state index is 10.4. The third kappa shape index (κ3) is 7.13. The van der Waals surface area contributed by atoms with Crippen molar-refractivity contribution in [1.82, 2.24) is 10.2 Å². The van der Waals surface area contributed by atoms with Gasteiger partial charge in [-0.1, -0.05) is 11.6 Å². The summed E-state index contributed by atoms with van der Waals surface area (Å²) in [6, 6.07) is 9.59. The van der Waals surface area contributed by atoms with Crippen LogP contribution < -0.4 is 14.8 Å². The largest absolute Gasteiger partial charge is 0.497 e. The molecule has 2 heterocycles. The highest BCUT2D eigenvalue weighted by Crippen LogP contribution is 2.25. The molecule has 0 aliphatic carbocycles. The number of aliphatic hydroxyl groups is 2. The average molecular weight is 441 g/mol. The Hall–Kier alpha value is -1.35. The Morgan fingerprint density at radius 3 is 2.72 bits per heavy atom. The summed E-state index contributed by atoms with van der Waals surface area (Å²) in [6.07, 6.45) is 0.731. The number of ether oxygens (including phenoxy) is 2. The van der Waals surface area contributed by atoms with E-state index in [0.29, 0.717) is 13.1 Å². The van der Waals surface area contributed by atoms with Crippen molar-refractivity contribution in [3.63, 3.8) is 0 Å². The number of rotatable bonds is 10. The third-order valence-corrected chi connectivity index (χ3v) is 6.20. The lowest BCUT2D eigenvalue weighted by atomic mass is 10.1. The average Bonchev–Trinajstić information content (AvgIpc) is 3.13. The summed E-state index contributed by atoms with van der Waals surface area (Å²) in [7, 11) is 1.64. The van der Waals surface area contributed by atoms with Crippen LogP contribution in [0, 0.1) is 0 Å². The zero-order valence-corrected chi connectivity index (χ0v) is 18.2. The van der Waals surface area contributed by atoms with Crippen LogP contribution in [0.1, 0.15) is 23.3 Å². The van der Waals surface area contributed by atoms with Gasteiger partial charge >= 0.3 is 0 Å². The van der Waals surface area contributed by atoms with Gasteiger partial charge in [0.15, 0.2) is 0 Å². The van der Waals surface area contributed by atoms with Crippen molar-refractivity contribution < 1.29 is 19.7 Å². The number of benzene rings is 1. The molecule has 0 amide bonds. The van der Waals surface area contributed by atoms with Gasteiger partial charge in [-0.25, -0.2) is 0 Å². The van der Waals surface area contributed by atoms with E-state index in [1.807, 2.05) is 30.3 Å². The van der Waals surface area contributed by atoms with Gasteiger partial charge < -0.3 is 29.9 Å². The molecule has 3 N–H and O–H groups in total. The van der Waals surface area contributed by atoms with E-state index in [1.54, 1.807) is 18.4 Å². The molecule has 6 nitrogen and oxygen atoms in total. The second kappa shape index (κ2) is 11.2. The molecular formula is C21H29ClN2O4S. The number of methoxy groups -OCH3 is 1. The van der Waals surface area contributed by atoms with Gasteiger partial charge in [0.05, 0.1) is 17.6 Å². The van der Waals surface area contributed by atoms with Crippen LogP contribution >= 0.6 is 22.9 Å². The lowest BCUT2D eigenvalue weighted by molar-refractivity contribution is 0.0336. The molecule has 3 rings (SSSR count). The Kier molecular flexibility index (Phi) is 8.59. The zero-order valence-electron chi connectivity index (χ0n) is 16.6. The molecule has 8 heteroatoms. The Labute approximate surface area is 181 Å². The van der Waals surface area contributed by atoms with Gasteiger partial charge in [-0.05, 0) is 43.2 Å². The number of β-amino-alcohol motifs (C(OH)–C–C–N with tert-alkyl or cyclic N) is 1. The topological polar surface area (TPSA) is 74.2 Å². The van der Waals surface area contributed by atoms with Crippen LogP contribution in [0.2, 0.25) is 4.34 Å². The van der Waals surface area contributed by atoms with Gasteiger partial charge in [-0.2, -0.15) is 0 Å². The van der Waals surface area contributed by atoms with E-state index < -0.39 is 6.10 Å². The lowest BCUT2D eigenvalue weighted by Crippen LogP contribution is -2.41. The monoisotopic (exact) mass is 440 g/mol. The molecule has 1 aromatic carbocycles. The fourth-order valence-corrected chi connectivity index (χ4v) is 4.42. The fourth-order valence-electron chi connectivity index (χ4n) is 3.37. The fraction of sp³-hybridized carbons (Fsp3) is 0.524. The van der Waals surface area contributed by atoms with Gasteiger partial charge in [0, 0.05) is 43.2 Å². The van der Waals surface area contributed by atoms with Crippen molar-refractivity contribution >= 4 is 22.9 Å². The van der Waals surface area contributed by atoms with E-state index in [1.165, 1.54) is 4.88 Å². The summed E-state index contributed by atoms with van der Waals surface area (Å²) in [5.74, 6) is 1.50. The smallest absolute Gasteiger partial charge is 0.124 e. The standard InChI is InChI=1S/C21H29ClN2O4S/c1-27-18-2-4-20(15(10-18)11-23-12-19-3-5-21(22)29-19)28-14-17(26)13-24-8-6-16(25)7-9-24/h2-5,10,16-17,23,25-26H,6-9,11-14H2,1H3. The SMILES string of the molecule is COc1ccc(OCC(O)CN2CCC(O)CC2)c(CNCc2ccc(Cl)s2)c1. The molecule has 1 fully saturated rings. The first-order valence-corrected chi connectivity index (χ1v) is 11.1. The molecule has 29 heavy (non-hydrogen) atoms. The van der Waals surface area contributed by atoms with Crippen LogP contribution in [0.15, 0.2) is 30.3 Å². The summed E-state index contributed by atoms with van der Waals surface area (Å²) < 4.78 is 12.0. The van der Waals surface area contributed by atoms with Crippen LogP contribution in [0.4, 0.5) is 0 Å². The van der Waals surface area contributed by atoms with Gasteiger partial charge in [0.2, 0.25) is 0 Å². The van der Waals surface area contributed by atoms with Crippen molar-refractivity contribution in [2.75, 3.05) is 33.4 Å². The molecule has 2 aromatic rings. The van der Waals surface area contributed by atoms with Gasteiger partial charge in [0.25, 0.3) is 0 Å². The van der Waals surface area contributed by atoms with E-state index in [2.05, 4.69) is 10.2 Å². The summed E-state index contributed by atoms with van der Waals surface area (Å²) >= 11 is 7.54. The number of piperidine rings is 1. The van der Waals surface area contributed by atoms with Gasteiger partial charge in [0.1, 0.15) is 24.2 Å². The van der Waals surface area contributed by atoms with Crippen molar-refractivity contribution in [3.05, 3.63) is 45.1 Å². The highest BCUT2D eigenvalue weighted by Gasteiger charge is 2.20. The molecule has 1 unspecified atom stereocenters. The molecule has 0 bridgehead atoms. The van der Waals surface area contributed by atoms with E-state index in [9.17, 15) is 10.2 Å². The van der Waals surface area contributed by atoms with Crippen LogP contribution in [0.5, 0.6) is 11.5 Å². The highest BCUT2D eigenvalue weighted by atomic mass is 35.5. The van der Waals surface area contributed by atoms with E-state index in [0.717, 1.165) is 53.9 Å². The van der Waals surface area contributed by atoms with Gasteiger partial charge in [-0.15, -0.1) is 11.3 Å². The number of hydrogen-bond acceptors (Lipinski definition) is 7. The first kappa shape index (κ1) is 22.3. The molecule has 1 saturated heterocycles. The lowest BCUT2D eigenvalue weighted by Gasteiger charge is -2.31. The molecule has 1 aliphatic rings. The van der Waals surface area contributed by atoms with Crippen LogP contribution in [-0.2, 0) is 13.1 Å². The molecule has 1 atom stereocenters. The number of halogens is 1. The second-order valence-corrected chi connectivity index (χ2v) is 9.08. The first-order valence-electron chi connectivity index (χ1n) is 9.86. The van der Waals surface area contributed by atoms with Crippen molar-refractivity contribution in [3.8, 4) is 11.5 Å². The molecule has 1 aliphatic heterocycles. The van der Waals surface area contributed by atoms with Crippen LogP contribution in [-0.4, -0.2) is 60.7 Å². The predicted molar refractivity (Wildman–Crippen MR) is 116 cm³/mol. The minimum Gasteiger partial charge on any atom is -0.497 e. The molecule has 160 valence electrons. The van der Waals surface area contributed by atoms with E-state index in [4.69, 9.17) is 21.1 Å². The normalized spacial score (nSPS) is 16.7. The number of hydrogen-bond donors (Lipinski definition) is 3. The Morgan fingerprint density at radius 1 is 1.24 bits per heavy atom. The van der Waals surface area contributed by atoms with Gasteiger partial charge in [-0.3, -0.25) is 0 Å². The summed E-state index contributed by atoms with van der Waals surface area (Å²) in [5.41, 5.74) is 0.972. The van der Waals surface area contributed by atoms with E-state index >= 15 is 0 Å². The molecule has 0 radical (unpaired) electrons. The second-order valence-electron chi connectivity index (χ2n) is 7.28. The van der Waals surface area contributed by atoms with Crippen molar-refractivity contribution in [1.29, 1.82) is 0 Å². The minimum atomic E-state index is -0.582. The quantitative estimate of drug-likeness (QED) is 0.527. The summed E-state index contributed by atoms with van der Waals surface area (Å²) in [4.78, 5) is 3.34. The predicted octanol–water partition coefficient (Wildman–Crippen LogP) is 2.90. The molecule has 0 saturated carbocycles. The van der Waals surface area contributed by atoms with Crippen molar-refractivity contribution in [2.24, 2.45) is 0 Å². The number of nitrogens with zero attached hydrogens (tertiary/aromatic N) is 1. The zero-order chi connectivity index (χ0) is 20.6. The Balaban J connectivity index is 1.52. The minimum absolute atomic E-state index is 0.209. The number of likely N-dealkylation sites (tertiary alicyclic amines) is 1. The maximum absolute atomic E-state index is 10.4. The number of thiophene rings is 1.